The van der Waals surface area contributed by atoms with Gasteiger partial charge in [-0.1, -0.05) is 37.6 Å². The van der Waals surface area contributed by atoms with E-state index in [0.29, 0.717) is 10.8 Å². The van der Waals surface area contributed by atoms with Gasteiger partial charge in [0.05, 0.1) is 6.20 Å². The van der Waals surface area contributed by atoms with Crippen LogP contribution in [0.1, 0.15) is 31.3 Å². The van der Waals surface area contributed by atoms with Gasteiger partial charge in [-0.25, -0.2) is 18.1 Å². The summed E-state index contributed by atoms with van der Waals surface area (Å²) in [5.74, 6) is 0.646. The van der Waals surface area contributed by atoms with E-state index in [0.717, 1.165) is 5.56 Å². The third-order valence-corrected chi connectivity index (χ3v) is 4.75. The molecule has 114 valence electrons. The number of aromatic amines is 1. The summed E-state index contributed by atoms with van der Waals surface area (Å²) in [7, 11) is -3.64. The molecule has 1 heterocycles. The summed E-state index contributed by atoms with van der Waals surface area (Å²) in [6.45, 7) is 5.62. The highest BCUT2D eigenvalue weighted by Crippen LogP contribution is 2.25. The molecule has 0 radical (unpaired) electrons. The largest absolute Gasteiger partial charge is 0.332 e. The van der Waals surface area contributed by atoms with Gasteiger partial charge in [0.1, 0.15) is 5.82 Å². The van der Waals surface area contributed by atoms with E-state index >= 15 is 0 Å². The van der Waals surface area contributed by atoms with E-state index in [4.69, 9.17) is 11.6 Å². The van der Waals surface area contributed by atoms with Gasteiger partial charge in [0.15, 0.2) is 5.03 Å². The Labute approximate surface area is 129 Å². The number of hydrogen-bond acceptors (Lipinski definition) is 3. The zero-order valence-corrected chi connectivity index (χ0v) is 13.7. The van der Waals surface area contributed by atoms with Crippen molar-refractivity contribution >= 4 is 21.6 Å². The third-order valence-electron chi connectivity index (χ3n) is 3.15. The van der Waals surface area contributed by atoms with Gasteiger partial charge >= 0.3 is 0 Å². The quantitative estimate of drug-likeness (QED) is 0.886. The van der Waals surface area contributed by atoms with Gasteiger partial charge in [0.25, 0.3) is 10.0 Å². The topological polar surface area (TPSA) is 74.8 Å². The van der Waals surface area contributed by atoms with Crippen molar-refractivity contribution in [2.24, 2.45) is 5.92 Å². The van der Waals surface area contributed by atoms with Crippen LogP contribution in [0.3, 0.4) is 0 Å². The molecule has 0 saturated heterocycles. The van der Waals surface area contributed by atoms with Crippen LogP contribution in [0.5, 0.6) is 0 Å². The fraction of sp³-hybridized carbons (Fsp3) is 0.357. The van der Waals surface area contributed by atoms with Gasteiger partial charge in [-0.05, 0) is 30.5 Å². The van der Waals surface area contributed by atoms with Crippen LogP contribution < -0.4 is 4.72 Å². The van der Waals surface area contributed by atoms with E-state index in [1.807, 2.05) is 26.0 Å². The van der Waals surface area contributed by atoms with Crippen LogP contribution in [0.25, 0.3) is 0 Å². The van der Waals surface area contributed by atoms with Gasteiger partial charge < -0.3 is 4.98 Å². The minimum atomic E-state index is -3.64. The Morgan fingerprint density at radius 1 is 1.24 bits per heavy atom. The number of hydrogen-bond donors (Lipinski definition) is 2. The van der Waals surface area contributed by atoms with Crippen LogP contribution in [0, 0.1) is 12.8 Å². The molecule has 0 saturated carbocycles. The first-order chi connectivity index (χ1) is 9.79. The Bertz CT molecular complexity index is 708. The van der Waals surface area contributed by atoms with E-state index in [-0.39, 0.29) is 17.0 Å². The summed E-state index contributed by atoms with van der Waals surface area (Å²) < 4.78 is 27.5. The number of benzene rings is 1. The van der Waals surface area contributed by atoms with Crippen LogP contribution in [0.15, 0.2) is 35.5 Å². The SMILES string of the molecule is Cc1ncc(S(=O)(=O)NC(c2ccc(Cl)cc2)C(C)C)[nH]1. The highest BCUT2D eigenvalue weighted by Gasteiger charge is 2.25. The van der Waals surface area contributed by atoms with Crippen LogP contribution in [0.2, 0.25) is 5.02 Å². The number of nitrogens with zero attached hydrogens (tertiary/aromatic N) is 1. The predicted octanol–water partition coefficient (Wildman–Crippen LogP) is 3.05. The van der Waals surface area contributed by atoms with Crippen molar-refractivity contribution in [1.29, 1.82) is 0 Å². The van der Waals surface area contributed by atoms with Crippen molar-refractivity contribution in [3.05, 3.63) is 46.9 Å². The lowest BCUT2D eigenvalue weighted by atomic mass is 9.97. The number of H-pyrrole nitrogens is 1. The molecule has 2 rings (SSSR count). The Morgan fingerprint density at radius 2 is 1.86 bits per heavy atom. The monoisotopic (exact) mass is 327 g/mol. The highest BCUT2D eigenvalue weighted by molar-refractivity contribution is 7.89. The second-order valence-electron chi connectivity index (χ2n) is 5.23. The molecule has 2 N–H and O–H groups in total. The van der Waals surface area contributed by atoms with Gasteiger partial charge in [-0.2, -0.15) is 0 Å². The molecule has 1 aromatic carbocycles. The number of imidazole rings is 1. The molecule has 1 atom stereocenters. The lowest BCUT2D eigenvalue weighted by Crippen LogP contribution is -2.32. The Morgan fingerprint density at radius 3 is 2.33 bits per heavy atom. The number of aromatic nitrogens is 2. The van der Waals surface area contributed by atoms with Crippen LogP contribution in [-0.4, -0.2) is 18.4 Å². The van der Waals surface area contributed by atoms with Gasteiger partial charge in [-0.3, -0.25) is 0 Å². The van der Waals surface area contributed by atoms with Crippen LogP contribution in [-0.2, 0) is 10.0 Å². The number of sulfonamides is 1. The van der Waals surface area contributed by atoms with Crippen LogP contribution >= 0.6 is 11.6 Å². The third kappa shape index (κ3) is 3.84. The summed E-state index contributed by atoms with van der Waals surface area (Å²) in [4.78, 5) is 6.67. The van der Waals surface area contributed by atoms with Crippen molar-refractivity contribution in [3.63, 3.8) is 0 Å². The van der Waals surface area contributed by atoms with Crippen molar-refractivity contribution in [2.75, 3.05) is 0 Å². The molecule has 0 bridgehead atoms. The molecule has 0 amide bonds. The van der Waals surface area contributed by atoms with E-state index in [2.05, 4.69) is 14.7 Å². The minimum Gasteiger partial charge on any atom is -0.332 e. The van der Waals surface area contributed by atoms with Crippen molar-refractivity contribution in [3.8, 4) is 0 Å². The first kappa shape index (κ1) is 16.0. The van der Waals surface area contributed by atoms with Gasteiger partial charge in [0.2, 0.25) is 0 Å². The first-order valence-corrected chi connectivity index (χ1v) is 8.45. The molecule has 0 aliphatic carbocycles. The fourth-order valence-electron chi connectivity index (χ4n) is 2.02. The van der Waals surface area contributed by atoms with Crippen LogP contribution in [0.4, 0.5) is 0 Å². The molecule has 7 heteroatoms. The molecule has 0 aliphatic heterocycles. The van der Waals surface area contributed by atoms with Crippen molar-refractivity contribution < 1.29 is 8.42 Å². The Kier molecular flexibility index (Phi) is 4.70. The maximum absolute atomic E-state index is 12.4. The second kappa shape index (κ2) is 6.17. The first-order valence-electron chi connectivity index (χ1n) is 6.59. The van der Waals surface area contributed by atoms with E-state index in [9.17, 15) is 8.42 Å². The smallest absolute Gasteiger partial charge is 0.258 e. The summed E-state index contributed by atoms with van der Waals surface area (Å²) in [5.41, 5.74) is 0.870. The molecule has 21 heavy (non-hydrogen) atoms. The van der Waals surface area contributed by atoms with Gasteiger partial charge in [-0.15, -0.1) is 0 Å². The van der Waals surface area contributed by atoms with Crippen molar-refractivity contribution in [1.82, 2.24) is 14.7 Å². The predicted molar refractivity (Wildman–Crippen MR) is 82.7 cm³/mol. The summed E-state index contributed by atoms with van der Waals surface area (Å²) >= 11 is 5.88. The number of aryl methyl sites for hydroxylation is 1. The summed E-state index contributed by atoms with van der Waals surface area (Å²) in [5, 5.41) is 0.688. The zero-order chi connectivity index (χ0) is 15.6. The molecule has 0 fully saturated rings. The highest BCUT2D eigenvalue weighted by atomic mass is 35.5. The van der Waals surface area contributed by atoms with Gasteiger partial charge in [0, 0.05) is 11.1 Å². The second-order valence-corrected chi connectivity index (χ2v) is 7.35. The number of nitrogens with one attached hydrogen (secondary N) is 2. The standard InChI is InChI=1S/C14H18ClN3O2S/c1-9(2)14(11-4-6-12(15)7-5-11)18-21(19,20)13-8-16-10(3)17-13/h4-9,14,18H,1-3H3,(H,16,17). The Hall–Kier alpha value is -1.37. The lowest BCUT2D eigenvalue weighted by molar-refractivity contribution is 0.462. The molecular weight excluding hydrogens is 310 g/mol. The maximum atomic E-state index is 12.4. The summed E-state index contributed by atoms with van der Waals surface area (Å²) in [6, 6.07) is 6.82. The molecule has 2 aromatic rings. The molecule has 0 spiro atoms. The van der Waals surface area contributed by atoms with E-state index < -0.39 is 10.0 Å². The molecule has 0 aliphatic rings. The number of halogens is 1. The number of rotatable bonds is 5. The average molecular weight is 328 g/mol. The maximum Gasteiger partial charge on any atom is 0.258 e. The van der Waals surface area contributed by atoms with E-state index in [1.165, 1.54) is 6.20 Å². The average Bonchev–Trinajstić information content (AvgIpc) is 2.84. The Balaban J connectivity index is 2.30. The molecule has 5 nitrogen and oxygen atoms in total. The zero-order valence-electron chi connectivity index (χ0n) is 12.1. The summed E-state index contributed by atoms with van der Waals surface area (Å²) in [6.07, 6.45) is 1.32. The fourth-order valence-corrected chi connectivity index (χ4v) is 3.49. The normalized spacial score (nSPS) is 13.6. The molecule has 1 unspecified atom stereocenters. The minimum absolute atomic E-state index is 0.0691. The lowest BCUT2D eigenvalue weighted by Gasteiger charge is -2.22. The molecule has 1 aromatic heterocycles. The van der Waals surface area contributed by atoms with Crippen molar-refractivity contribution in [2.45, 2.75) is 31.8 Å². The molecular formula is C14H18ClN3O2S. The van der Waals surface area contributed by atoms with E-state index in [1.54, 1.807) is 19.1 Å².